The molecule has 6 heteroatoms. The normalized spacial score (nSPS) is 10.7. The number of amides is 1. The number of aryl methyl sites for hydroxylation is 1. The minimum atomic E-state index is -0.319. The lowest BCUT2D eigenvalue weighted by atomic mass is 10.2. The largest absolute Gasteiger partial charge is 0.490 e. The Morgan fingerprint density at radius 2 is 1.78 bits per heavy atom. The zero-order valence-corrected chi connectivity index (χ0v) is 15.7. The van der Waals surface area contributed by atoms with E-state index >= 15 is 0 Å². The topological polar surface area (TPSA) is 59.9 Å². The molecular formula is C21H20N2O3S. The number of ether oxygens (including phenoxy) is 2. The van der Waals surface area contributed by atoms with Crippen molar-refractivity contribution in [2.75, 3.05) is 13.2 Å². The van der Waals surface area contributed by atoms with Gasteiger partial charge < -0.3 is 9.47 Å². The Morgan fingerprint density at radius 1 is 1.04 bits per heavy atom. The van der Waals surface area contributed by atoms with Gasteiger partial charge in [0.2, 0.25) is 0 Å². The molecule has 2 aromatic carbocycles. The summed E-state index contributed by atoms with van der Waals surface area (Å²) in [5.74, 6) is 0.958. The van der Waals surface area contributed by atoms with Crippen LogP contribution in [0.2, 0.25) is 0 Å². The van der Waals surface area contributed by atoms with Crippen LogP contribution in [0.1, 0.15) is 20.8 Å². The van der Waals surface area contributed by atoms with Crippen molar-refractivity contribution in [1.82, 2.24) is 5.43 Å². The molecule has 0 bridgehead atoms. The Hall–Kier alpha value is -3.12. The van der Waals surface area contributed by atoms with Crippen LogP contribution in [0.15, 0.2) is 71.1 Å². The number of nitrogens with one attached hydrogen (secondary N) is 1. The molecule has 0 aliphatic heterocycles. The molecule has 0 atom stereocenters. The van der Waals surface area contributed by atoms with E-state index in [2.05, 4.69) is 10.5 Å². The molecule has 1 aromatic heterocycles. The second-order valence-corrected chi connectivity index (χ2v) is 6.62. The fourth-order valence-corrected chi connectivity index (χ4v) is 3.12. The standard InChI is InChI=1S/C21H20N2O3S/c1-16-11-14-27-20(16)15-22-23-21(24)18-9-5-6-10-19(18)26-13-12-25-17-7-3-2-4-8-17/h2-11,14-15H,12-13H2,1H3,(H,23,24)/b22-15-. The third-order valence-corrected chi connectivity index (χ3v) is 4.69. The van der Waals surface area contributed by atoms with Crippen molar-refractivity contribution >= 4 is 23.5 Å². The molecule has 3 aromatic rings. The zero-order valence-electron chi connectivity index (χ0n) is 14.9. The van der Waals surface area contributed by atoms with E-state index in [0.717, 1.165) is 16.2 Å². The summed E-state index contributed by atoms with van der Waals surface area (Å²) in [4.78, 5) is 13.4. The van der Waals surface area contributed by atoms with E-state index in [1.807, 2.05) is 54.8 Å². The maximum atomic E-state index is 12.4. The van der Waals surface area contributed by atoms with E-state index < -0.39 is 0 Å². The van der Waals surface area contributed by atoms with Crippen molar-refractivity contribution in [2.45, 2.75) is 6.92 Å². The molecule has 0 radical (unpaired) electrons. The molecule has 0 spiro atoms. The van der Waals surface area contributed by atoms with Crippen molar-refractivity contribution in [3.63, 3.8) is 0 Å². The monoisotopic (exact) mass is 380 g/mol. The molecule has 1 amide bonds. The lowest BCUT2D eigenvalue weighted by Gasteiger charge is -2.11. The maximum Gasteiger partial charge on any atom is 0.275 e. The Balaban J connectivity index is 1.54. The number of hydrogen-bond donors (Lipinski definition) is 1. The summed E-state index contributed by atoms with van der Waals surface area (Å²) in [6.07, 6.45) is 1.65. The lowest BCUT2D eigenvalue weighted by molar-refractivity contribution is 0.0950. The van der Waals surface area contributed by atoms with Gasteiger partial charge in [-0.2, -0.15) is 5.10 Å². The van der Waals surface area contributed by atoms with Gasteiger partial charge in [0.05, 0.1) is 11.8 Å². The molecule has 27 heavy (non-hydrogen) atoms. The molecule has 138 valence electrons. The molecule has 5 nitrogen and oxygen atoms in total. The Bertz CT molecular complexity index is 907. The first kappa shape index (κ1) is 18.7. The molecule has 3 rings (SSSR count). The number of benzene rings is 2. The molecule has 0 aliphatic rings. The van der Waals surface area contributed by atoms with Crippen LogP contribution in [0.4, 0.5) is 0 Å². The van der Waals surface area contributed by atoms with Gasteiger partial charge in [-0.15, -0.1) is 11.3 Å². The highest BCUT2D eigenvalue weighted by molar-refractivity contribution is 7.11. The Morgan fingerprint density at radius 3 is 2.56 bits per heavy atom. The number of nitrogens with zero attached hydrogens (tertiary/aromatic N) is 1. The second-order valence-electron chi connectivity index (χ2n) is 5.67. The quantitative estimate of drug-likeness (QED) is 0.360. The third kappa shape index (κ3) is 5.43. The smallest absolute Gasteiger partial charge is 0.275 e. The average Bonchev–Trinajstić information content (AvgIpc) is 3.11. The van der Waals surface area contributed by atoms with Crippen LogP contribution >= 0.6 is 11.3 Å². The first-order valence-electron chi connectivity index (χ1n) is 8.51. The minimum absolute atomic E-state index is 0.319. The number of rotatable bonds is 8. The van der Waals surface area contributed by atoms with Crippen LogP contribution in [-0.4, -0.2) is 25.3 Å². The number of thiophene rings is 1. The summed E-state index contributed by atoms with van der Waals surface area (Å²) in [5, 5.41) is 6.02. The molecule has 0 saturated heterocycles. The highest BCUT2D eigenvalue weighted by Crippen LogP contribution is 2.18. The van der Waals surface area contributed by atoms with Crippen LogP contribution in [0.5, 0.6) is 11.5 Å². The van der Waals surface area contributed by atoms with E-state index in [9.17, 15) is 4.79 Å². The van der Waals surface area contributed by atoms with E-state index in [1.165, 1.54) is 0 Å². The minimum Gasteiger partial charge on any atom is -0.490 e. The van der Waals surface area contributed by atoms with Crippen molar-refractivity contribution in [1.29, 1.82) is 0 Å². The van der Waals surface area contributed by atoms with Crippen LogP contribution in [-0.2, 0) is 0 Å². The molecule has 0 saturated carbocycles. The number of para-hydroxylation sites is 2. The molecule has 0 aliphatic carbocycles. The number of hydrogen-bond acceptors (Lipinski definition) is 5. The summed E-state index contributed by atoms with van der Waals surface area (Å²) in [6, 6.07) is 18.6. The van der Waals surface area contributed by atoms with Crippen molar-refractivity contribution in [3.05, 3.63) is 82.0 Å². The van der Waals surface area contributed by atoms with E-state index in [1.54, 1.807) is 35.8 Å². The van der Waals surface area contributed by atoms with E-state index in [0.29, 0.717) is 24.5 Å². The maximum absolute atomic E-state index is 12.4. The van der Waals surface area contributed by atoms with E-state index in [4.69, 9.17) is 9.47 Å². The number of carbonyl (C=O) groups excluding carboxylic acids is 1. The highest BCUT2D eigenvalue weighted by Gasteiger charge is 2.11. The summed E-state index contributed by atoms with van der Waals surface area (Å²) < 4.78 is 11.3. The third-order valence-electron chi connectivity index (χ3n) is 3.73. The van der Waals surface area contributed by atoms with Gasteiger partial charge in [0.25, 0.3) is 5.91 Å². The number of carbonyl (C=O) groups is 1. The second kappa shape index (κ2) is 9.54. The van der Waals surface area contributed by atoms with Gasteiger partial charge in [0.1, 0.15) is 24.7 Å². The molecule has 1 heterocycles. The average molecular weight is 380 g/mol. The summed E-state index contributed by atoms with van der Waals surface area (Å²) >= 11 is 1.57. The van der Waals surface area contributed by atoms with Gasteiger partial charge >= 0.3 is 0 Å². The Kier molecular flexibility index (Phi) is 6.60. The van der Waals surface area contributed by atoms with Gasteiger partial charge in [-0.05, 0) is 48.2 Å². The number of hydrazone groups is 1. The Labute approximate surface area is 162 Å². The predicted molar refractivity (Wildman–Crippen MR) is 108 cm³/mol. The van der Waals surface area contributed by atoms with Gasteiger partial charge in [-0.1, -0.05) is 30.3 Å². The van der Waals surface area contributed by atoms with Crippen LogP contribution in [0, 0.1) is 6.92 Å². The lowest BCUT2D eigenvalue weighted by Crippen LogP contribution is -2.19. The molecule has 0 fully saturated rings. The van der Waals surface area contributed by atoms with Crippen LogP contribution < -0.4 is 14.9 Å². The van der Waals surface area contributed by atoms with Crippen molar-refractivity contribution in [2.24, 2.45) is 5.10 Å². The molecule has 1 N–H and O–H groups in total. The van der Waals surface area contributed by atoms with Gasteiger partial charge in [0, 0.05) is 4.88 Å². The highest BCUT2D eigenvalue weighted by atomic mass is 32.1. The molecule has 0 unspecified atom stereocenters. The summed E-state index contributed by atoms with van der Waals surface area (Å²) in [6.45, 7) is 2.72. The van der Waals surface area contributed by atoms with Crippen LogP contribution in [0.3, 0.4) is 0 Å². The summed E-state index contributed by atoms with van der Waals surface area (Å²) in [5.41, 5.74) is 4.10. The fourth-order valence-electron chi connectivity index (χ4n) is 2.33. The van der Waals surface area contributed by atoms with Gasteiger partial charge in [-0.3, -0.25) is 4.79 Å². The van der Waals surface area contributed by atoms with Crippen LogP contribution in [0.25, 0.3) is 0 Å². The zero-order chi connectivity index (χ0) is 18.9. The summed E-state index contributed by atoms with van der Waals surface area (Å²) in [7, 11) is 0. The van der Waals surface area contributed by atoms with Crippen molar-refractivity contribution < 1.29 is 14.3 Å². The first-order valence-corrected chi connectivity index (χ1v) is 9.39. The van der Waals surface area contributed by atoms with Gasteiger partial charge in [-0.25, -0.2) is 5.43 Å². The van der Waals surface area contributed by atoms with E-state index in [-0.39, 0.29) is 5.91 Å². The van der Waals surface area contributed by atoms with Crippen molar-refractivity contribution in [3.8, 4) is 11.5 Å². The predicted octanol–water partition coefficient (Wildman–Crippen LogP) is 4.28. The molecular weight excluding hydrogens is 360 g/mol. The van der Waals surface area contributed by atoms with Gasteiger partial charge in [0.15, 0.2) is 0 Å². The first-order chi connectivity index (χ1) is 13.2. The fraction of sp³-hybridized carbons (Fsp3) is 0.143. The SMILES string of the molecule is Cc1ccsc1/C=N\NC(=O)c1ccccc1OCCOc1ccccc1.